The number of ether oxygens (including phenoxy) is 2. The summed E-state index contributed by atoms with van der Waals surface area (Å²) in [4.78, 5) is 14.5. The lowest BCUT2D eigenvalue weighted by atomic mass is 10.1. The van der Waals surface area contributed by atoms with Gasteiger partial charge in [0.2, 0.25) is 6.79 Å². The number of Topliss-reactive ketones (excluding diaryl/α,β-unsaturated/α-hetero) is 1. The molecular formula is C14H17NO3. The Balaban J connectivity index is 1.71. The minimum Gasteiger partial charge on any atom is -0.454 e. The van der Waals surface area contributed by atoms with Crippen molar-refractivity contribution in [1.29, 1.82) is 0 Å². The van der Waals surface area contributed by atoms with Gasteiger partial charge in [-0.3, -0.25) is 9.69 Å². The molecule has 0 radical (unpaired) electrons. The molecule has 0 saturated heterocycles. The third-order valence-corrected chi connectivity index (χ3v) is 3.51. The second kappa shape index (κ2) is 4.61. The summed E-state index contributed by atoms with van der Waals surface area (Å²) < 4.78 is 10.5. The fraction of sp³-hybridized carbons (Fsp3) is 0.500. The molecule has 0 bridgehead atoms. The first-order valence-corrected chi connectivity index (χ1v) is 6.45. The summed E-state index contributed by atoms with van der Waals surface area (Å²) in [6.07, 6.45) is 2.45. The standard InChI is InChI=1S/C14H17NO3/c1-2-15(11-4-5-11)8-12(16)10-3-6-13-14(7-10)18-9-17-13/h3,6-7,11H,2,4-5,8-9H2,1H3. The summed E-state index contributed by atoms with van der Waals surface area (Å²) in [7, 11) is 0. The molecule has 1 fully saturated rings. The lowest BCUT2D eigenvalue weighted by Gasteiger charge is -2.18. The number of nitrogens with zero attached hydrogens (tertiary/aromatic N) is 1. The number of ketones is 1. The average Bonchev–Trinajstić information content (AvgIpc) is 3.12. The van der Waals surface area contributed by atoms with Crippen LogP contribution < -0.4 is 9.47 Å². The summed E-state index contributed by atoms with van der Waals surface area (Å²) in [6, 6.07) is 6.03. The van der Waals surface area contributed by atoms with Crippen LogP contribution in [0.3, 0.4) is 0 Å². The maximum atomic E-state index is 12.2. The van der Waals surface area contributed by atoms with Crippen LogP contribution in [0.1, 0.15) is 30.1 Å². The molecule has 18 heavy (non-hydrogen) atoms. The first kappa shape index (κ1) is 11.5. The van der Waals surface area contributed by atoms with Crippen LogP contribution >= 0.6 is 0 Å². The predicted octanol–water partition coefficient (Wildman–Crippen LogP) is 2.08. The highest BCUT2D eigenvalue weighted by Gasteiger charge is 2.29. The summed E-state index contributed by atoms with van der Waals surface area (Å²) in [5.41, 5.74) is 0.707. The Kier molecular flexibility index (Phi) is 2.96. The van der Waals surface area contributed by atoms with Gasteiger partial charge in [-0.05, 0) is 37.6 Å². The van der Waals surface area contributed by atoms with E-state index < -0.39 is 0 Å². The van der Waals surface area contributed by atoms with Crippen molar-refractivity contribution >= 4 is 5.78 Å². The SMILES string of the molecule is CCN(CC(=O)c1ccc2c(c1)OCO2)C1CC1. The number of carbonyl (C=O) groups excluding carboxylic acids is 1. The van der Waals surface area contributed by atoms with Crippen LogP contribution in [0.15, 0.2) is 18.2 Å². The fourth-order valence-electron chi connectivity index (χ4n) is 2.28. The van der Waals surface area contributed by atoms with Crippen molar-refractivity contribution in [1.82, 2.24) is 4.90 Å². The number of fused-ring (bicyclic) bond motifs is 1. The zero-order valence-electron chi connectivity index (χ0n) is 10.5. The Bertz CT molecular complexity index is 468. The Morgan fingerprint density at radius 3 is 2.83 bits per heavy atom. The van der Waals surface area contributed by atoms with Crippen molar-refractivity contribution in [2.24, 2.45) is 0 Å². The van der Waals surface area contributed by atoms with Gasteiger partial charge < -0.3 is 9.47 Å². The van der Waals surface area contributed by atoms with Crippen LogP contribution in [-0.2, 0) is 0 Å². The van der Waals surface area contributed by atoms with Gasteiger partial charge in [0.25, 0.3) is 0 Å². The number of hydrogen-bond acceptors (Lipinski definition) is 4. The lowest BCUT2D eigenvalue weighted by Crippen LogP contribution is -2.31. The van der Waals surface area contributed by atoms with E-state index in [1.807, 2.05) is 12.1 Å². The molecule has 0 N–H and O–H groups in total. The van der Waals surface area contributed by atoms with Gasteiger partial charge in [0.15, 0.2) is 17.3 Å². The van der Waals surface area contributed by atoms with Gasteiger partial charge in [0, 0.05) is 11.6 Å². The van der Waals surface area contributed by atoms with E-state index in [2.05, 4.69) is 11.8 Å². The molecule has 1 aromatic rings. The van der Waals surface area contributed by atoms with Gasteiger partial charge in [-0.25, -0.2) is 0 Å². The van der Waals surface area contributed by atoms with Crippen LogP contribution in [0.25, 0.3) is 0 Å². The van der Waals surface area contributed by atoms with E-state index in [1.54, 1.807) is 6.07 Å². The van der Waals surface area contributed by atoms with Crippen LogP contribution in [-0.4, -0.2) is 36.6 Å². The zero-order chi connectivity index (χ0) is 12.5. The molecule has 4 nitrogen and oxygen atoms in total. The predicted molar refractivity (Wildman–Crippen MR) is 67.2 cm³/mol. The molecule has 0 unspecified atom stereocenters. The molecule has 1 aliphatic carbocycles. The van der Waals surface area contributed by atoms with E-state index >= 15 is 0 Å². The number of benzene rings is 1. The van der Waals surface area contributed by atoms with E-state index in [4.69, 9.17) is 9.47 Å². The molecule has 1 aliphatic heterocycles. The second-order valence-corrected chi connectivity index (χ2v) is 4.79. The monoisotopic (exact) mass is 247 g/mol. The van der Waals surface area contributed by atoms with Gasteiger partial charge >= 0.3 is 0 Å². The van der Waals surface area contributed by atoms with Gasteiger partial charge in [-0.1, -0.05) is 6.92 Å². The van der Waals surface area contributed by atoms with Crippen LogP contribution in [0.5, 0.6) is 11.5 Å². The third kappa shape index (κ3) is 2.20. The summed E-state index contributed by atoms with van der Waals surface area (Å²) >= 11 is 0. The molecule has 2 aliphatic rings. The Morgan fingerprint density at radius 2 is 2.11 bits per heavy atom. The van der Waals surface area contributed by atoms with Crippen LogP contribution in [0.2, 0.25) is 0 Å². The summed E-state index contributed by atoms with van der Waals surface area (Å²) in [5.74, 6) is 1.55. The highest BCUT2D eigenvalue weighted by molar-refractivity contribution is 5.98. The molecule has 0 atom stereocenters. The summed E-state index contributed by atoms with van der Waals surface area (Å²) in [5, 5.41) is 0. The molecule has 1 aromatic carbocycles. The molecule has 1 heterocycles. The number of carbonyl (C=O) groups is 1. The first-order valence-electron chi connectivity index (χ1n) is 6.45. The minimum atomic E-state index is 0.155. The third-order valence-electron chi connectivity index (χ3n) is 3.51. The van der Waals surface area contributed by atoms with E-state index in [9.17, 15) is 4.79 Å². The van der Waals surface area contributed by atoms with E-state index in [-0.39, 0.29) is 12.6 Å². The summed E-state index contributed by atoms with van der Waals surface area (Å²) in [6.45, 7) is 3.78. The van der Waals surface area contributed by atoms with E-state index in [0.717, 1.165) is 12.3 Å². The highest BCUT2D eigenvalue weighted by Crippen LogP contribution is 2.33. The van der Waals surface area contributed by atoms with E-state index in [0.29, 0.717) is 23.9 Å². The molecule has 0 amide bonds. The molecule has 0 spiro atoms. The molecule has 96 valence electrons. The van der Waals surface area contributed by atoms with Crippen molar-refractivity contribution in [3.63, 3.8) is 0 Å². The molecule has 3 rings (SSSR count). The minimum absolute atomic E-state index is 0.155. The molecular weight excluding hydrogens is 230 g/mol. The highest BCUT2D eigenvalue weighted by atomic mass is 16.7. The van der Waals surface area contributed by atoms with Gasteiger partial charge in [0.05, 0.1) is 6.54 Å². The van der Waals surface area contributed by atoms with Gasteiger partial charge in [-0.2, -0.15) is 0 Å². The fourth-order valence-corrected chi connectivity index (χ4v) is 2.28. The number of hydrogen-bond donors (Lipinski definition) is 0. The molecule has 4 heteroatoms. The largest absolute Gasteiger partial charge is 0.454 e. The Labute approximate surface area is 106 Å². The average molecular weight is 247 g/mol. The first-order chi connectivity index (χ1) is 8.78. The van der Waals surface area contributed by atoms with Gasteiger partial charge in [-0.15, -0.1) is 0 Å². The van der Waals surface area contributed by atoms with Crippen molar-refractivity contribution in [2.45, 2.75) is 25.8 Å². The smallest absolute Gasteiger partial charge is 0.231 e. The van der Waals surface area contributed by atoms with Crippen molar-refractivity contribution in [3.8, 4) is 11.5 Å². The second-order valence-electron chi connectivity index (χ2n) is 4.79. The van der Waals surface area contributed by atoms with Crippen molar-refractivity contribution in [3.05, 3.63) is 23.8 Å². The van der Waals surface area contributed by atoms with Gasteiger partial charge in [0.1, 0.15) is 0 Å². The topological polar surface area (TPSA) is 38.8 Å². The maximum Gasteiger partial charge on any atom is 0.231 e. The zero-order valence-corrected chi connectivity index (χ0v) is 10.5. The normalized spacial score (nSPS) is 17.2. The maximum absolute atomic E-state index is 12.2. The molecule has 1 saturated carbocycles. The quantitative estimate of drug-likeness (QED) is 0.747. The van der Waals surface area contributed by atoms with Crippen molar-refractivity contribution < 1.29 is 14.3 Å². The van der Waals surface area contributed by atoms with Crippen LogP contribution in [0.4, 0.5) is 0 Å². The molecule has 0 aromatic heterocycles. The number of likely N-dealkylation sites (N-methyl/N-ethyl adjacent to an activating group) is 1. The Hall–Kier alpha value is -1.55. The van der Waals surface area contributed by atoms with Crippen molar-refractivity contribution in [2.75, 3.05) is 19.9 Å². The Morgan fingerprint density at radius 1 is 1.33 bits per heavy atom. The van der Waals surface area contributed by atoms with Crippen LogP contribution in [0, 0.1) is 0 Å². The lowest BCUT2D eigenvalue weighted by molar-refractivity contribution is 0.0928. The van der Waals surface area contributed by atoms with E-state index in [1.165, 1.54) is 12.8 Å². The number of rotatable bonds is 5.